The van der Waals surface area contributed by atoms with Crippen molar-refractivity contribution in [2.75, 3.05) is 0 Å². The average molecular weight is 404 g/mol. The number of phenolic OH excluding ortho intramolecular Hbond substituents is 1. The van der Waals surface area contributed by atoms with Crippen LogP contribution in [-0.4, -0.2) is 17.2 Å². The van der Waals surface area contributed by atoms with Crippen LogP contribution in [0.3, 0.4) is 0 Å². The maximum absolute atomic E-state index is 11.8. The van der Waals surface area contributed by atoms with Gasteiger partial charge in [-0.3, -0.25) is 4.79 Å². The average Bonchev–Trinajstić information content (AvgIpc) is 2.78. The first kappa shape index (κ1) is 14.2. The maximum atomic E-state index is 11.8. The van der Waals surface area contributed by atoms with Crippen molar-refractivity contribution >= 4 is 55.3 Å². The third-order valence-electron chi connectivity index (χ3n) is 2.16. The molecule has 0 radical (unpaired) electrons. The summed E-state index contributed by atoms with van der Waals surface area (Å²) in [4.78, 5) is 12.7. The van der Waals surface area contributed by atoms with Crippen LogP contribution in [0.5, 0.6) is 5.75 Å². The van der Waals surface area contributed by atoms with Gasteiger partial charge in [-0.1, -0.05) is 15.9 Å². The van der Waals surface area contributed by atoms with Gasteiger partial charge in [-0.2, -0.15) is 5.10 Å². The van der Waals surface area contributed by atoms with Crippen LogP contribution < -0.4 is 5.43 Å². The summed E-state index contributed by atoms with van der Waals surface area (Å²) in [5.41, 5.74) is 2.53. The zero-order chi connectivity index (χ0) is 13.8. The Kier molecular flexibility index (Phi) is 4.73. The van der Waals surface area contributed by atoms with E-state index in [4.69, 9.17) is 0 Å². The van der Waals surface area contributed by atoms with Gasteiger partial charge in [0, 0.05) is 9.35 Å². The van der Waals surface area contributed by atoms with E-state index in [1.807, 2.05) is 12.1 Å². The number of hydrogen-bond acceptors (Lipinski definition) is 4. The Morgan fingerprint density at radius 1 is 1.32 bits per heavy atom. The lowest BCUT2D eigenvalue weighted by molar-refractivity contribution is 0.0952. The number of hydrazone groups is 1. The zero-order valence-electron chi connectivity index (χ0n) is 9.43. The second-order valence-electron chi connectivity index (χ2n) is 3.50. The highest BCUT2D eigenvalue weighted by atomic mass is 79.9. The number of carbonyl (C=O) groups excluding carboxylic acids is 1. The summed E-state index contributed by atoms with van der Waals surface area (Å²) in [5.74, 6) is -0.555. The Labute approximate surface area is 130 Å². The molecule has 1 aromatic carbocycles. The van der Waals surface area contributed by atoms with Gasteiger partial charge in [-0.15, -0.1) is 11.3 Å². The minimum atomic E-state index is -0.467. The molecule has 0 spiro atoms. The van der Waals surface area contributed by atoms with Crippen LogP contribution in [0, 0.1) is 0 Å². The van der Waals surface area contributed by atoms with Crippen molar-refractivity contribution in [2.24, 2.45) is 5.10 Å². The number of phenols is 1. The van der Waals surface area contributed by atoms with E-state index < -0.39 is 5.91 Å². The molecule has 0 aliphatic carbocycles. The summed E-state index contributed by atoms with van der Waals surface area (Å²) in [6.45, 7) is 0. The van der Waals surface area contributed by atoms with Crippen LogP contribution in [0.4, 0.5) is 0 Å². The quantitative estimate of drug-likeness (QED) is 0.605. The van der Waals surface area contributed by atoms with Crippen molar-refractivity contribution in [2.45, 2.75) is 0 Å². The molecule has 0 aliphatic heterocycles. The van der Waals surface area contributed by atoms with E-state index in [0.717, 1.165) is 8.66 Å². The van der Waals surface area contributed by atoms with Gasteiger partial charge < -0.3 is 5.11 Å². The van der Waals surface area contributed by atoms with Crippen LogP contribution in [0.2, 0.25) is 0 Å². The first-order valence-corrected chi connectivity index (χ1v) is 7.54. The molecule has 1 aromatic heterocycles. The number of nitrogens with zero attached hydrogens (tertiary/aromatic N) is 1. The number of aromatic hydroxyl groups is 1. The predicted molar refractivity (Wildman–Crippen MR) is 82.9 cm³/mol. The van der Waals surface area contributed by atoms with Crippen molar-refractivity contribution in [3.63, 3.8) is 0 Å². The van der Waals surface area contributed by atoms with Crippen molar-refractivity contribution < 1.29 is 9.90 Å². The fourth-order valence-electron chi connectivity index (χ4n) is 1.30. The monoisotopic (exact) mass is 402 g/mol. The minimum absolute atomic E-state index is 0.0882. The van der Waals surface area contributed by atoms with Crippen molar-refractivity contribution in [3.05, 3.63) is 49.0 Å². The molecule has 0 aliphatic rings. The van der Waals surface area contributed by atoms with E-state index in [0.29, 0.717) is 4.47 Å². The lowest BCUT2D eigenvalue weighted by Gasteiger charge is -2.03. The number of amides is 1. The fraction of sp³-hybridized carbons (Fsp3) is 0. The van der Waals surface area contributed by atoms with Gasteiger partial charge in [0.1, 0.15) is 5.75 Å². The SMILES string of the molecule is O=C(NN=Cc1ccc(Br)s1)c1cc(Br)ccc1O. The van der Waals surface area contributed by atoms with E-state index >= 15 is 0 Å². The van der Waals surface area contributed by atoms with Gasteiger partial charge in [0.25, 0.3) is 5.91 Å². The molecule has 19 heavy (non-hydrogen) atoms. The van der Waals surface area contributed by atoms with Crippen LogP contribution in [-0.2, 0) is 0 Å². The van der Waals surface area contributed by atoms with E-state index in [1.165, 1.54) is 23.5 Å². The number of rotatable bonds is 3. The largest absolute Gasteiger partial charge is 0.507 e. The molecule has 4 nitrogen and oxygen atoms in total. The van der Waals surface area contributed by atoms with Gasteiger partial charge in [-0.25, -0.2) is 5.43 Å². The van der Waals surface area contributed by atoms with Gasteiger partial charge in [0.05, 0.1) is 15.6 Å². The lowest BCUT2D eigenvalue weighted by Crippen LogP contribution is -2.17. The molecule has 2 rings (SSSR count). The molecule has 0 saturated heterocycles. The van der Waals surface area contributed by atoms with Crippen molar-refractivity contribution in [1.29, 1.82) is 0 Å². The fourth-order valence-corrected chi connectivity index (χ4v) is 2.96. The summed E-state index contributed by atoms with van der Waals surface area (Å²) in [6, 6.07) is 8.40. The van der Waals surface area contributed by atoms with Gasteiger partial charge in [0.15, 0.2) is 0 Å². The third-order valence-corrected chi connectivity index (χ3v) is 4.21. The van der Waals surface area contributed by atoms with Crippen LogP contribution in [0.25, 0.3) is 0 Å². The van der Waals surface area contributed by atoms with Gasteiger partial charge in [-0.05, 0) is 46.3 Å². The number of halogens is 2. The molecule has 2 N–H and O–H groups in total. The molecule has 0 bridgehead atoms. The number of hydrogen-bond donors (Lipinski definition) is 2. The highest BCUT2D eigenvalue weighted by Gasteiger charge is 2.10. The second kappa shape index (κ2) is 6.31. The maximum Gasteiger partial charge on any atom is 0.275 e. The number of carbonyl (C=O) groups is 1. The Morgan fingerprint density at radius 2 is 2.11 bits per heavy atom. The molecule has 0 fully saturated rings. The van der Waals surface area contributed by atoms with Crippen LogP contribution >= 0.6 is 43.2 Å². The van der Waals surface area contributed by atoms with Gasteiger partial charge in [0.2, 0.25) is 0 Å². The standard InChI is InChI=1S/C12H8Br2N2O2S/c13-7-1-3-10(17)9(5-7)12(18)16-15-6-8-2-4-11(14)19-8/h1-6,17H,(H,16,18). The highest BCUT2D eigenvalue weighted by molar-refractivity contribution is 9.11. The van der Waals surface area contributed by atoms with Gasteiger partial charge >= 0.3 is 0 Å². The lowest BCUT2D eigenvalue weighted by atomic mass is 10.2. The molecular weight excluding hydrogens is 396 g/mol. The van der Waals surface area contributed by atoms with E-state index in [1.54, 1.807) is 12.3 Å². The summed E-state index contributed by atoms with van der Waals surface area (Å²) in [7, 11) is 0. The van der Waals surface area contributed by atoms with E-state index in [-0.39, 0.29) is 11.3 Å². The Bertz CT molecular complexity index is 640. The topological polar surface area (TPSA) is 61.7 Å². The van der Waals surface area contributed by atoms with Crippen LogP contribution in [0.15, 0.2) is 43.7 Å². The summed E-state index contributed by atoms with van der Waals surface area (Å²) < 4.78 is 1.70. The molecule has 1 heterocycles. The normalized spacial score (nSPS) is 10.8. The Hall–Kier alpha value is -1.18. The van der Waals surface area contributed by atoms with E-state index in [9.17, 15) is 9.90 Å². The number of thiophene rings is 1. The summed E-state index contributed by atoms with van der Waals surface area (Å²) in [6.07, 6.45) is 1.54. The van der Waals surface area contributed by atoms with Crippen molar-refractivity contribution in [1.82, 2.24) is 5.43 Å². The molecule has 0 saturated carbocycles. The first-order chi connectivity index (χ1) is 9.06. The zero-order valence-corrected chi connectivity index (χ0v) is 13.4. The third kappa shape index (κ3) is 3.89. The molecule has 1 amide bonds. The molecule has 98 valence electrons. The molecule has 7 heteroatoms. The summed E-state index contributed by atoms with van der Waals surface area (Å²) in [5, 5.41) is 13.4. The Morgan fingerprint density at radius 3 is 2.79 bits per heavy atom. The molecule has 0 unspecified atom stereocenters. The smallest absolute Gasteiger partial charge is 0.275 e. The minimum Gasteiger partial charge on any atom is -0.507 e. The Balaban J connectivity index is 2.05. The van der Waals surface area contributed by atoms with Crippen molar-refractivity contribution in [3.8, 4) is 5.75 Å². The second-order valence-corrected chi connectivity index (χ2v) is 6.91. The van der Waals surface area contributed by atoms with Crippen LogP contribution in [0.1, 0.15) is 15.2 Å². The first-order valence-electron chi connectivity index (χ1n) is 5.13. The molecule has 0 atom stereocenters. The number of nitrogens with one attached hydrogen (secondary N) is 1. The highest BCUT2D eigenvalue weighted by Crippen LogP contribution is 2.22. The predicted octanol–water partition coefficient (Wildman–Crippen LogP) is 3.74. The van der Waals surface area contributed by atoms with E-state index in [2.05, 4.69) is 42.4 Å². The molecular formula is C12H8Br2N2O2S. The molecule has 2 aromatic rings. The number of benzene rings is 1. The summed E-state index contributed by atoms with van der Waals surface area (Å²) >= 11 is 8.08.